The van der Waals surface area contributed by atoms with Crippen molar-refractivity contribution in [3.63, 3.8) is 0 Å². The Labute approximate surface area is 239 Å². The molecule has 0 atom stereocenters. The van der Waals surface area contributed by atoms with Gasteiger partial charge >= 0.3 is 0 Å². The topological polar surface area (TPSA) is 96.1 Å². The van der Waals surface area contributed by atoms with Gasteiger partial charge in [-0.2, -0.15) is 0 Å². The van der Waals surface area contributed by atoms with Crippen LogP contribution in [0, 0.1) is 20.8 Å². The number of carbonyl (C=O) groups is 1. The molecule has 0 saturated heterocycles. The number of amides is 1. The number of rotatable bonds is 14. The van der Waals surface area contributed by atoms with Crippen LogP contribution in [-0.2, 0) is 16.0 Å². The number of nitrogens with one attached hydrogen (secondary N) is 2. The number of hydrogen-bond acceptors (Lipinski definition) is 7. The molecule has 1 heterocycles. The second-order valence-corrected chi connectivity index (χ2v) is 10.8. The summed E-state index contributed by atoms with van der Waals surface area (Å²) in [4.78, 5) is 33.7. The molecule has 1 aromatic heterocycles. The van der Waals surface area contributed by atoms with Gasteiger partial charge in [0, 0.05) is 74.5 Å². The van der Waals surface area contributed by atoms with E-state index in [0.717, 1.165) is 67.9 Å². The number of pyridine rings is 1. The number of likely N-dealkylation sites (N-methyl/N-ethyl adjacent to an activating group) is 1. The summed E-state index contributed by atoms with van der Waals surface area (Å²) in [6.45, 7) is 11.4. The molecule has 1 amide bonds. The number of carbonyl (C=O) groups excluding carboxylic acids is 1. The van der Waals surface area contributed by atoms with Gasteiger partial charge in [-0.3, -0.25) is 9.59 Å². The van der Waals surface area contributed by atoms with Crippen LogP contribution in [0.15, 0.2) is 23.0 Å². The number of ether oxygens (including phenoxy) is 3. The quantitative estimate of drug-likeness (QED) is 0.340. The molecule has 1 aliphatic rings. The number of aryl methyl sites for hydroxylation is 2. The average Bonchev–Trinajstić information content (AvgIpc) is 2.93. The maximum absolute atomic E-state index is 13.5. The van der Waals surface area contributed by atoms with E-state index in [1.54, 1.807) is 20.3 Å². The Bertz CT molecular complexity index is 1170. The van der Waals surface area contributed by atoms with E-state index in [2.05, 4.69) is 40.1 Å². The number of aromatic nitrogens is 1. The number of anilines is 1. The van der Waals surface area contributed by atoms with Crippen LogP contribution in [0.2, 0.25) is 0 Å². The molecule has 40 heavy (non-hydrogen) atoms. The zero-order chi connectivity index (χ0) is 29.2. The van der Waals surface area contributed by atoms with Crippen molar-refractivity contribution in [3.8, 4) is 5.75 Å². The summed E-state index contributed by atoms with van der Waals surface area (Å²) in [6.07, 6.45) is 4.42. The van der Waals surface area contributed by atoms with Gasteiger partial charge in [0.05, 0.1) is 13.2 Å². The minimum atomic E-state index is -0.227. The molecular formula is C31H48N4O5. The summed E-state index contributed by atoms with van der Waals surface area (Å²) in [6, 6.07) is 6.71. The van der Waals surface area contributed by atoms with Crippen LogP contribution in [0.5, 0.6) is 5.75 Å². The molecule has 0 radical (unpaired) electrons. The summed E-state index contributed by atoms with van der Waals surface area (Å²) >= 11 is 0. The molecule has 9 heteroatoms. The lowest BCUT2D eigenvalue weighted by molar-refractivity contribution is 0.0949. The summed E-state index contributed by atoms with van der Waals surface area (Å²) in [5.41, 5.74) is 4.53. The molecule has 1 aromatic carbocycles. The van der Waals surface area contributed by atoms with E-state index < -0.39 is 0 Å². The summed E-state index contributed by atoms with van der Waals surface area (Å²) in [5.74, 6) is 0.411. The Morgan fingerprint density at radius 2 is 1.68 bits per heavy atom. The van der Waals surface area contributed by atoms with Gasteiger partial charge in [0.1, 0.15) is 12.4 Å². The van der Waals surface area contributed by atoms with Crippen molar-refractivity contribution in [2.45, 2.75) is 72.0 Å². The molecule has 1 aliphatic carbocycles. The van der Waals surface area contributed by atoms with Crippen LogP contribution in [0.3, 0.4) is 0 Å². The molecule has 0 unspecified atom stereocenters. The molecule has 1 saturated carbocycles. The largest absolute Gasteiger partial charge is 0.491 e. The lowest BCUT2D eigenvalue weighted by Crippen LogP contribution is -2.44. The highest BCUT2D eigenvalue weighted by Gasteiger charge is 2.29. The van der Waals surface area contributed by atoms with Crippen molar-refractivity contribution in [2.75, 3.05) is 59.1 Å². The van der Waals surface area contributed by atoms with Gasteiger partial charge in [0.15, 0.2) is 0 Å². The number of benzene rings is 1. The fraction of sp³-hybridized carbons (Fsp3) is 0.613. The van der Waals surface area contributed by atoms with Gasteiger partial charge in [-0.05, 0) is 83.7 Å². The number of hydrogen-bond donors (Lipinski definition) is 2. The maximum atomic E-state index is 13.5. The van der Waals surface area contributed by atoms with E-state index in [-0.39, 0.29) is 18.0 Å². The smallest absolute Gasteiger partial charge is 0.253 e. The van der Waals surface area contributed by atoms with Gasteiger partial charge in [-0.25, -0.2) is 0 Å². The van der Waals surface area contributed by atoms with Gasteiger partial charge in [0.2, 0.25) is 0 Å². The molecule has 0 spiro atoms. The van der Waals surface area contributed by atoms with Crippen LogP contribution in [0.1, 0.15) is 65.3 Å². The predicted molar refractivity (Wildman–Crippen MR) is 160 cm³/mol. The van der Waals surface area contributed by atoms with Crippen molar-refractivity contribution in [3.05, 3.63) is 56.5 Å². The lowest BCUT2D eigenvalue weighted by Gasteiger charge is -2.41. The standard InChI is InChI=1S/C31H48N4O5/c1-8-35(25-11-9-24(10-12-25)34(5)13-14-38-6)29-19-26(40-16-15-39-7)18-27(23(29)4)30(36)32-20-28-21(2)17-22(3)33-31(28)37/h17-19,24-25H,8-16,20H2,1-7H3,(H,32,36)(H,33,37)/t24-,25-. The maximum Gasteiger partial charge on any atom is 0.253 e. The van der Waals surface area contributed by atoms with Crippen molar-refractivity contribution in [2.24, 2.45) is 0 Å². The second kappa shape index (κ2) is 15.2. The summed E-state index contributed by atoms with van der Waals surface area (Å²) in [5, 5.41) is 2.98. The Hall–Kier alpha value is -2.88. The molecule has 2 aromatic rings. The molecule has 1 fully saturated rings. The third-order valence-electron chi connectivity index (χ3n) is 8.10. The van der Waals surface area contributed by atoms with E-state index in [4.69, 9.17) is 14.2 Å². The zero-order valence-electron chi connectivity index (χ0n) is 25.4. The minimum absolute atomic E-state index is 0.155. The van der Waals surface area contributed by atoms with E-state index in [1.807, 2.05) is 26.8 Å². The minimum Gasteiger partial charge on any atom is -0.491 e. The fourth-order valence-corrected chi connectivity index (χ4v) is 5.75. The Balaban J connectivity index is 1.84. The first kappa shape index (κ1) is 31.6. The van der Waals surface area contributed by atoms with Crippen molar-refractivity contribution in [1.82, 2.24) is 15.2 Å². The summed E-state index contributed by atoms with van der Waals surface area (Å²) in [7, 11) is 5.57. The Morgan fingerprint density at radius 1 is 1.00 bits per heavy atom. The number of nitrogens with zero attached hydrogens (tertiary/aromatic N) is 2. The molecule has 3 rings (SSSR count). The first-order chi connectivity index (χ1) is 19.2. The fourth-order valence-electron chi connectivity index (χ4n) is 5.75. The van der Waals surface area contributed by atoms with Gasteiger partial charge in [0.25, 0.3) is 11.5 Å². The molecule has 9 nitrogen and oxygen atoms in total. The SMILES string of the molecule is CCN(c1cc(OCCOC)cc(C(=O)NCc2c(C)cc(C)[nH]c2=O)c1C)[C@H]1CC[C@H](N(C)CCOC)CC1. The molecule has 222 valence electrons. The highest BCUT2D eigenvalue weighted by Crippen LogP contribution is 2.35. The van der Waals surface area contributed by atoms with Crippen LogP contribution in [0.4, 0.5) is 5.69 Å². The third kappa shape index (κ3) is 8.08. The van der Waals surface area contributed by atoms with Crippen molar-refractivity contribution in [1.29, 1.82) is 0 Å². The van der Waals surface area contributed by atoms with Crippen molar-refractivity contribution < 1.29 is 19.0 Å². The third-order valence-corrected chi connectivity index (χ3v) is 8.10. The highest BCUT2D eigenvalue weighted by molar-refractivity contribution is 5.97. The van der Waals surface area contributed by atoms with E-state index >= 15 is 0 Å². The molecule has 0 aliphatic heterocycles. The van der Waals surface area contributed by atoms with E-state index in [0.29, 0.717) is 42.2 Å². The highest BCUT2D eigenvalue weighted by atomic mass is 16.5. The monoisotopic (exact) mass is 556 g/mol. The molecule has 0 bridgehead atoms. The van der Waals surface area contributed by atoms with Gasteiger partial charge in [-0.15, -0.1) is 0 Å². The summed E-state index contributed by atoms with van der Waals surface area (Å²) < 4.78 is 16.4. The zero-order valence-corrected chi connectivity index (χ0v) is 25.4. The number of aromatic amines is 1. The predicted octanol–water partition coefficient (Wildman–Crippen LogP) is 3.97. The normalized spacial score (nSPS) is 17.2. The van der Waals surface area contributed by atoms with Crippen LogP contribution < -0.4 is 20.5 Å². The van der Waals surface area contributed by atoms with Crippen molar-refractivity contribution >= 4 is 11.6 Å². The Kier molecular flexibility index (Phi) is 12.0. The van der Waals surface area contributed by atoms with E-state index in [9.17, 15) is 9.59 Å². The van der Waals surface area contributed by atoms with Crippen LogP contribution in [-0.4, -0.2) is 82.1 Å². The Morgan fingerprint density at radius 3 is 2.30 bits per heavy atom. The molecule has 2 N–H and O–H groups in total. The van der Waals surface area contributed by atoms with Gasteiger partial charge in [-0.1, -0.05) is 0 Å². The average molecular weight is 557 g/mol. The second-order valence-electron chi connectivity index (χ2n) is 10.8. The first-order valence-electron chi connectivity index (χ1n) is 14.4. The lowest BCUT2D eigenvalue weighted by atomic mass is 9.88. The molecular weight excluding hydrogens is 508 g/mol. The van der Waals surface area contributed by atoms with Crippen LogP contribution in [0.25, 0.3) is 0 Å². The number of methoxy groups -OCH3 is 2. The van der Waals surface area contributed by atoms with E-state index in [1.165, 1.54) is 0 Å². The van der Waals surface area contributed by atoms with Crippen LogP contribution >= 0.6 is 0 Å². The number of H-pyrrole nitrogens is 1. The van der Waals surface area contributed by atoms with Gasteiger partial charge < -0.3 is 34.3 Å². The first-order valence-corrected chi connectivity index (χ1v) is 14.4.